The van der Waals surface area contributed by atoms with E-state index >= 15 is 0 Å². The Balaban J connectivity index is 1.47. The maximum Gasteiger partial charge on any atom is 0.306 e. The molecular formula is C29H46O4. The topological polar surface area (TPSA) is 55.9 Å². The summed E-state index contributed by atoms with van der Waals surface area (Å²) in [6.07, 6.45) is 9.03. The van der Waals surface area contributed by atoms with Gasteiger partial charge < -0.3 is 9.47 Å². The first-order valence-corrected chi connectivity index (χ1v) is 13.8. The number of Topliss-reactive ketones (excluding diaryl/α,β-unsaturated/α-hetero) is 1. The van der Waals surface area contributed by atoms with Crippen molar-refractivity contribution in [2.45, 2.75) is 124 Å². The number of rotatable bonds is 5. The molecule has 2 aliphatic heterocycles. The van der Waals surface area contributed by atoms with Crippen molar-refractivity contribution in [3.05, 3.63) is 0 Å². The Bertz CT molecular complexity index is 835. The first-order valence-electron chi connectivity index (χ1n) is 13.8. The number of carbonyl (C=O) groups excluding carboxylic acids is 2. The zero-order valence-electron chi connectivity index (χ0n) is 22.0. The molecule has 5 fully saturated rings. The van der Waals surface area contributed by atoms with Crippen LogP contribution in [0.15, 0.2) is 0 Å². The van der Waals surface area contributed by atoms with Gasteiger partial charge in [-0.25, -0.2) is 0 Å². The van der Waals surface area contributed by atoms with Crippen LogP contribution in [-0.4, -0.2) is 29.6 Å². The maximum atomic E-state index is 14.0. The van der Waals surface area contributed by atoms with Gasteiger partial charge in [0.15, 0.2) is 0 Å². The van der Waals surface area contributed by atoms with E-state index in [1.807, 2.05) is 6.92 Å². The minimum absolute atomic E-state index is 0.0254. The van der Waals surface area contributed by atoms with Crippen LogP contribution >= 0.6 is 0 Å². The minimum Gasteiger partial charge on any atom is -0.462 e. The summed E-state index contributed by atoms with van der Waals surface area (Å²) in [5, 5.41) is 0. The second-order valence-corrected chi connectivity index (χ2v) is 13.7. The fourth-order valence-corrected chi connectivity index (χ4v) is 9.86. The van der Waals surface area contributed by atoms with Crippen LogP contribution in [0.4, 0.5) is 0 Å². The van der Waals surface area contributed by atoms with Gasteiger partial charge in [0.25, 0.3) is 0 Å². The van der Waals surface area contributed by atoms with E-state index in [9.17, 15) is 9.59 Å². The zero-order chi connectivity index (χ0) is 24.0. The first-order chi connectivity index (χ1) is 15.4. The largest absolute Gasteiger partial charge is 0.462 e. The third-order valence-electron chi connectivity index (χ3n) is 11.8. The molecule has 3 aliphatic carbocycles. The quantitative estimate of drug-likeness (QED) is 0.356. The van der Waals surface area contributed by atoms with E-state index < -0.39 is 0 Å². The van der Waals surface area contributed by atoms with Crippen molar-refractivity contribution in [2.75, 3.05) is 0 Å². The molecule has 1 spiro atoms. The predicted octanol–water partition coefficient (Wildman–Crippen LogP) is 6.35. The van der Waals surface area contributed by atoms with Crippen molar-refractivity contribution in [1.29, 1.82) is 0 Å². The van der Waals surface area contributed by atoms with Gasteiger partial charge in [-0.3, -0.25) is 9.59 Å². The van der Waals surface area contributed by atoms with E-state index in [0.29, 0.717) is 30.5 Å². The molecule has 0 amide bonds. The number of ketones is 1. The van der Waals surface area contributed by atoms with Gasteiger partial charge in [0.2, 0.25) is 0 Å². The fourth-order valence-electron chi connectivity index (χ4n) is 9.86. The highest BCUT2D eigenvalue weighted by molar-refractivity contribution is 5.86. The lowest BCUT2D eigenvalue weighted by Crippen LogP contribution is -2.66. The lowest BCUT2D eigenvalue weighted by Gasteiger charge is -2.61. The Kier molecular flexibility index (Phi) is 5.45. The van der Waals surface area contributed by atoms with E-state index in [4.69, 9.17) is 9.47 Å². The fraction of sp³-hybridized carbons (Fsp3) is 0.931. The average Bonchev–Trinajstić information content (AvgIpc) is 3.37. The summed E-state index contributed by atoms with van der Waals surface area (Å²) in [6, 6.07) is 0. The van der Waals surface area contributed by atoms with Crippen LogP contribution in [0.25, 0.3) is 0 Å². The van der Waals surface area contributed by atoms with Gasteiger partial charge in [-0.05, 0) is 61.2 Å². The Morgan fingerprint density at radius 2 is 1.73 bits per heavy atom. The van der Waals surface area contributed by atoms with E-state index in [2.05, 4.69) is 41.5 Å². The summed E-state index contributed by atoms with van der Waals surface area (Å²) in [5.41, 5.74) is -0.448. The van der Waals surface area contributed by atoms with Crippen LogP contribution in [0.2, 0.25) is 0 Å². The minimum atomic E-state index is -0.390. The number of hydrogen-bond acceptors (Lipinski definition) is 4. The molecule has 0 aromatic heterocycles. The van der Waals surface area contributed by atoms with Crippen LogP contribution in [-0.2, 0) is 19.1 Å². The van der Waals surface area contributed by atoms with Crippen molar-refractivity contribution >= 4 is 11.8 Å². The number of carbonyl (C=O) groups is 2. The van der Waals surface area contributed by atoms with Gasteiger partial charge in [0.1, 0.15) is 17.5 Å². The van der Waals surface area contributed by atoms with Gasteiger partial charge in [0, 0.05) is 24.2 Å². The molecule has 0 aromatic carbocycles. The molecule has 0 aromatic rings. The van der Waals surface area contributed by atoms with Gasteiger partial charge >= 0.3 is 5.97 Å². The Labute approximate surface area is 200 Å². The van der Waals surface area contributed by atoms with Crippen molar-refractivity contribution < 1.29 is 19.1 Å². The summed E-state index contributed by atoms with van der Waals surface area (Å²) < 4.78 is 12.5. The summed E-state index contributed by atoms with van der Waals surface area (Å²) in [4.78, 5) is 26.3. The molecule has 0 unspecified atom stereocenters. The number of fused-ring (bicyclic) bond motifs is 3. The number of epoxide rings is 1. The molecule has 5 rings (SSSR count). The molecule has 186 valence electrons. The molecule has 10 atom stereocenters. The lowest BCUT2D eigenvalue weighted by molar-refractivity contribution is -0.172. The molecule has 33 heavy (non-hydrogen) atoms. The molecule has 4 heteroatoms. The summed E-state index contributed by atoms with van der Waals surface area (Å²) >= 11 is 0. The molecule has 0 bridgehead atoms. The molecular weight excluding hydrogens is 412 g/mol. The molecule has 3 saturated carbocycles. The monoisotopic (exact) mass is 458 g/mol. The maximum absolute atomic E-state index is 14.0. The highest BCUT2D eigenvalue weighted by Gasteiger charge is 2.84. The molecule has 5 aliphatic rings. The zero-order valence-corrected chi connectivity index (χ0v) is 22.0. The predicted molar refractivity (Wildman–Crippen MR) is 129 cm³/mol. The van der Waals surface area contributed by atoms with Crippen molar-refractivity contribution in [3.63, 3.8) is 0 Å². The lowest BCUT2D eigenvalue weighted by atomic mass is 9.40. The van der Waals surface area contributed by atoms with E-state index in [1.165, 1.54) is 25.7 Å². The van der Waals surface area contributed by atoms with Crippen molar-refractivity contribution in [3.8, 4) is 0 Å². The Morgan fingerprint density at radius 1 is 1.00 bits per heavy atom. The molecule has 2 heterocycles. The number of cyclic esters (lactones) is 1. The standard InChI is InChI=1S/C29H46O4/c1-17(2)9-8-10-18(3)20-11-13-27(6)25-22(30)15-21-19(4)32-24(31)12-14-26(21,5)29(25)23(33-29)16-28(20,27)7/h17-21,23,25H,8-16H2,1-7H3/t18-,19+,20-,21+,23-,25+,26+,27+,28-,29+/m1/s1. The van der Waals surface area contributed by atoms with Crippen LogP contribution in [0.5, 0.6) is 0 Å². The first kappa shape index (κ1) is 23.8. The number of hydrogen-bond donors (Lipinski definition) is 0. The number of esters is 1. The van der Waals surface area contributed by atoms with Crippen LogP contribution in [0.3, 0.4) is 0 Å². The van der Waals surface area contributed by atoms with Crippen LogP contribution in [0, 0.1) is 45.8 Å². The van der Waals surface area contributed by atoms with E-state index in [0.717, 1.165) is 25.2 Å². The second kappa shape index (κ2) is 7.55. The van der Waals surface area contributed by atoms with Crippen LogP contribution < -0.4 is 0 Å². The van der Waals surface area contributed by atoms with Crippen molar-refractivity contribution in [2.24, 2.45) is 45.8 Å². The van der Waals surface area contributed by atoms with Gasteiger partial charge in [-0.15, -0.1) is 0 Å². The smallest absolute Gasteiger partial charge is 0.306 e. The van der Waals surface area contributed by atoms with Gasteiger partial charge in [0.05, 0.1) is 12.0 Å². The summed E-state index contributed by atoms with van der Waals surface area (Å²) in [6.45, 7) is 16.3. The van der Waals surface area contributed by atoms with Crippen molar-refractivity contribution in [1.82, 2.24) is 0 Å². The highest BCUT2D eigenvalue weighted by Crippen LogP contribution is 2.79. The van der Waals surface area contributed by atoms with Crippen LogP contribution in [0.1, 0.15) is 106 Å². The van der Waals surface area contributed by atoms with Gasteiger partial charge in [-0.2, -0.15) is 0 Å². The Hall–Kier alpha value is -0.900. The molecule has 2 saturated heterocycles. The summed E-state index contributed by atoms with van der Waals surface area (Å²) in [7, 11) is 0. The third kappa shape index (κ3) is 3.04. The SMILES string of the molecule is CC(C)CCC[C@@H](C)[C@H]1CC[C@@]2(C)[C@@H]3C(=O)C[C@H]4[C@H](C)OC(=O)CC[C@]4(C)[C@@]34O[C@@H]4C[C@]12C. The molecule has 0 N–H and O–H groups in total. The second-order valence-electron chi connectivity index (χ2n) is 13.7. The average molecular weight is 459 g/mol. The van der Waals surface area contributed by atoms with Gasteiger partial charge in [-0.1, -0.05) is 60.8 Å². The van der Waals surface area contributed by atoms with E-state index in [-0.39, 0.29) is 51.9 Å². The molecule has 0 radical (unpaired) electrons. The number of ether oxygens (including phenoxy) is 2. The normalized spacial score (nSPS) is 51.7. The third-order valence-corrected chi connectivity index (χ3v) is 11.8. The summed E-state index contributed by atoms with van der Waals surface area (Å²) in [5.74, 6) is 2.41. The highest BCUT2D eigenvalue weighted by atomic mass is 16.6. The van der Waals surface area contributed by atoms with E-state index in [1.54, 1.807) is 0 Å². The Morgan fingerprint density at radius 3 is 2.42 bits per heavy atom. The molecule has 4 nitrogen and oxygen atoms in total.